The number of para-hydroxylation sites is 1. The van der Waals surface area contributed by atoms with Gasteiger partial charge in [-0.3, -0.25) is 23.7 Å². The number of rotatable bonds is 10. The Morgan fingerprint density at radius 1 is 1.24 bits per heavy atom. The summed E-state index contributed by atoms with van der Waals surface area (Å²) >= 11 is 0. The molecular weight excluding hydrogens is 465 g/mol. The summed E-state index contributed by atoms with van der Waals surface area (Å²) in [4.78, 5) is 38.2. The van der Waals surface area contributed by atoms with Gasteiger partial charge in [-0.15, -0.1) is 0 Å². The van der Waals surface area contributed by atoms with Crippen molar-refractivity contribution in [3.63, 3.8) is 0 Å². The lowest BCUT2D eigenvalue weighted by Gasteiger charge is -2.24. The summed E-state index contributed by atoms with van der Waals surface area (Å²) in [6.45, 7) is 6.41. The zero-order valence-electron chi connectivity index (χ0n) is 19.6. The molecule has 0 aliphatic carbocycles. The summed E-state index contributed by atoms with van der Waals surface area (Å²) in [6, 6.07) is 7.47. The first-order valence-electron chi connectivity index (χ1n) is 11.0. The second kappa shape index (κ2) is 11.1. The second-order valence-electron chi connectivity index (χ2n) is 8.30. The Labute approximate surface area is 197 Å². The van der Waals surface area contributed by atoms with Crippen LogP contribution >= 0.6 is 7.75 Å². The lowest BCUT2D eigenvalue weighted by molar-refractivity contribution is -0.149. The lowest BCUT2D eigenvalue weighted by Crippen LogP contribution is -2.36. The molecule has 1 aromatic carbocycles. The van der Waals surface area contributed by atoms with Gasteiger partial charge in [-0.1, -0.05) is 18.2 Å². The van der Waals surface area contributed by atoms with Gasteiger partial charge in [0.25, 0.3) is 5.56 Å². The topological polar surface area (TPSA) is 138 Å². The van der Waals surface area contributed by atoms with E-state index in [9.17, 15) is 18.9 Å². The molecule has 3 rings (SSSR count). The fraction of sp³-hybridized carbons (Fsp3) is 0.500. The molecule has 2 heterocycles. The number of aromatic nitrogens is 2. The molecular formula is C22H30N3O8P. The van der Waals surface area contributed by atoms with Gasteiger partial charge < -0.3 is 14.0 Å². The lowest BCUT2D eigenvalue weighted by atomic mass is 10.2. The average molecular weight is 495 g/mol. The van der Waals surface area contributed by atoms with E-state index >= 15 is 0 Å². The number of esters is 1. The summed E-state index contributed by atoms with van der Waals surface area (Å²) in [6.07, 6.45) is 1.04. The summed E-state index contributed by atoms with van der Waals surface area (Å²) < 4.78 is 37.1. The predicted octanol–water partition coefficient (Wildman–Crippen LogP) is 2.66. The molecule has 0 amide bonds. The number of ether oxygens (including phenoxy) is 2. The van der Waals surface area contributed by atoms with Crippen LogP contribution in [-0.2, 0) is 23.4 Å². The van der Waals surface area contributed by atoms with Crippen molar-refractivity contribution in [2.45, 2.75) is 65.0 Å². The number of nitrogens with one attached hydrogen (secondary N) is 2. The fourth-order valence-electron chi connectivity index (χ4n) is 3.33. The van der Waals surface area contributed by atoms with Gasteiger partial charge in [0.1, 0.15) is 18.0 Å². The third kappa shape index (κ3) is 6.89. The van der Waals surface area contributed by atoms with Crippen molar-refractivity contribution in [3.8, 4) is 5.75 Å². The minimum absolute atomic E-state index is 0.114. The van der Waals surface area contributed by atoms with Crippen molar-refractivity contribution in [1.82, 2.24) is 14.6 Å². The van der Waals surface area contributed by atoms with Gasteiger partial charge in [0, 0.05) is 11.8 Å². The van der Waals surface area contributed by atoms with E-state index < -0.39 is 43.3 Å². The number of hydrogen-bond acceptors (Lipinski definition) is 8. The number of carbonyl (C=O) groups excluding carboxylic acids is 1. The Hall–Kier alpha value is -2.72. The summed E-state index contributed by atoms with van der Waals surface area (Å²) in [5.41, 5.74) is -0.635. The van der Waals surface area contributed by atoms with Crippen molar-refractivity contribution in [2.24, 2.45) is 0 Å². The van der Waals surface area contributed by atoms with E-state index in [1.807, 2.05) is 0 Å². The monoisotopic (exact) mass is 495 g/mol. The number of nitrogens with zero attached hydrogens (tertiary/aromatic N) is 1. The average Bonchev–Trinajstić information content (AvgIpc) is 3.24. The van der Waals surface area contributed by atoms with Crippen LogP contribution in [0.3, 0.4) is 0 Å². The van der Waals surface area contributed by atoms with Crippen LogP contribution in [0.1, 0.15) is 45.4 Å². The highest BCUT2D eigenvalue weighted by Gasteiger charge is 2.35. The van der Waals surface area contributed by atoms with Crippen LogP contribution in [0.2, 0.25) is 0 Å². The molecule has 11 nitrogen and oxygen atoms in total. The molecule has 12 heteroatoms. The molecule has 0 spiro atoms. The van der Waals surface area contributed by atoms with E-state index in [2.05, 4.69) is 10.1 Å². The van der Waals surface area contributed by atoms with E-state index in [4.69, 9.17) is 18.5 Å². The maximum absolute atomic E-state index is 13.5. The first kappa shape index (κ1) is 25.9. The number of H-pyrrole nitrogens is 1. The Morgan fingerprint density at radius 3 is 2.62 bits per heavy atom. The number of aryl methyl sites for hydroxylation is 1. The molecule has 2 N–H and O–H groups in total. The standard InChI is InChI=1S/C22H30N3O8P/c1-14(2)31-21(27)16(4)24-34(29,33-17-8-6-5-7-9-17)30-13-18-10-11-19(32-18)25-12-15(3)20(26)23-22(25)28/h5-9,12,14,16,18-19H,10-11,13H2,1-4H3,(H,24,29)(H,23,26,28)/t16-,18?,19?,34?/m0/s1. The van der Waals surface area contributed by atoms with E-state index in [-0.39, 0.29) is 12.7 Å². The fourth-order valence-corrected chi connectivity index (χ4v) is 4.85. The Morgan fingerprint density at radius 2 is 1.94 bits per heavy atom. The van der Waals surface area contributed by atoms with Gasteiger partial charge in [-0.25, -0.2) is 9.36 Å². The molecule has 34 heavy (non-hydrogen) atoms. The van der Waals surface area contributed by atoms with Gasteiger partial charge in [0.15, 0.2) is 0 Å². The van der Waals surface area contributed by atoms with Crippen molar-refractivity contribution < 1.29 is 27.9 Å². The van der Waals surface area contributed by atoms with Gasteiger partial charge >= 0.3 is 19.4 Å². The minimum Gasteiger partial charge on any atom is -0.462 e. The highest BCUT2D eigenvalue weighted by atomic mass is 31.2. The van der Waals surface area contributed by atoms with Gasteiger partial charge in [0.05, 0.1) is 18.8 Å². The maximum Gasteiger partial charge on any atom is 0.459 e. The number of carbonyl (C=O) groups is 1. The number of aromatic amines is 1. The molecule has 186 valence electrons. The zero-order valence-corrected chi connectivity index (χ0v) is 20.4. The largest absolute Gasteiger partial charge is 0.462 e. The normalized spacial score (nSPS) is 20.6. The van der Waals surface area contributed by atoms with Crippen LogP contribution in [0, 0.1) is 6.92 Å². The van der Waals surface area contributed by atoms with Crippen molar-refractivity contribution in [3.05, 3.63) is 62.9 Å². The molecule has 4 atom stereocenters. The number of hydrogen-bond donors (Lipinski definition) is 2. The van der Waals surface area contributed by atoms with Crippen LogP contribution in [0.15, 0.2) is 46.1 Å². The van der Waals surface area contributed by atoms with Crippen molar-refractivity contribution >= 4 is 13.7 Å². The third-order valence-corrected chi connectivity index (χ3v) is 6.64. The maximum atomic E-state index is 13.5. The molecule has 1 aliphatic heterocycles. The first-order valence-corrected chi connectivity index (χ1v) is 12.6. The summed E-state index contributed by atoms with van der Waals surface area (Å²) in [7, 11) is -4.01. The van der Waals surface area contributed by atoms with E-state index in [1.165, 1.54) is 17.7 Å². The summed E-state index contributed by atoms with van der Waals surface area (Å²) in [5.74, 6) is -0.302. The van der Waals surface area contributed by atoms with Crippen LogP contribution in [0.5, 0.6) is 5.75 Å². The Balaban J connectivity index is 1.68. The van der Waals surface area contributed by atoms with Crippen LogP contribution in [0.25, 0.3) is 0 Å². The van der Waals surface area contributed by atoms with E-state index in [0.717, 1.165) is 0 Å². The van der Waals surface area contributed by atoms with Crippen LogP contribution in [-0.4, -0.2) is 40.4 Å². The molecule has 0 bridgehead atoms. The molecule has 1 aliphatic rings. The SMILES string of the molecule is Cc1cn(C2CCC(COP(=O)(N[C@@H](C)C(=O)OC(C)C)Oc3ccccc3)O2)c(=O)[nH]c1=O. The summed E-state index contributed by atoms with van der Waals surface area (Å²) in [5, 5.41) is 2.62. The molecule has 1 aromatic heterocycles. The number of benzene rings is 1. The van der Waals surface area contributed by atoms with Crippen LogP contribution < -0.4 is 20.9 Å². The highest BCUT2D eigenvalue weighted by molar-refractivity contribution is 7.52. The quantitative estimate of drug-likeness (QED) is 0.376. The second-order valence-corrected chi connectivity index (χ2v) is 10.00. The Kier molecular flexibility index (Phi) is 8.48. The molecule has 3 unspecified atom stereocenters. The molecule has 1 fully saturated rings. The van der Waals surface area contributed by atoms with Gasteiger partial charge in [-0.05, 0) is 52.7 Å². The van der Waals surface area contributed by atoms with E-state index in [1.54, 1.807) is 51.1 Å². The highest BCUT2D eigenvalue weighted by Crippen LogP contribution is 2.45. The molecule has 2 aromatic rings. The minimum atomic E-state index is -4.01. The van der Waals surface area contributed by atoms with Gasteiger partial charge in [-0.2, -0.15) is 5.09 Å². The third-order valence-electron chi connectivity index (χ3n) is 5.00. The Bertz CT molecular complexity index is 1150. The molecule has 1 saturated heterocycles. The first-order chi connectivity index (χ1) is 16.1. The predicted molar refractivity (Wildman–Crippen MR) is 124 cm³/mol. The van der Waals surface area contributed by atoms with Gasteiger partial charge in [0.2, 0.25) is 0 Å². The smallest absolute Gasteiger partial charge is 0.459 e. The van der Waals surface area contributed by atoms with Crippen molar-refractivity contribution in [1.29, 1.82) is 0 Å². The van der Waals surface area contributed by atoms with Crippen LogP contribution in [0.4, 0.5) is 0 Å². The van der Waals surface area contributed by atoms with Crippen molar-refractivity contribution in [2.75, 3.05) is 6.61 Å². The molecule has 0 radical (unpaired) electrons. The molecule has 0 saturated carbocycles. The van der Waals surface area contributed by atoms with E-state index in [0.29, 0.717) is 24.2 Å². The zero-order chi connectivity index (χ0) is 24.9.